The van der Waals surface area contributed by atoms with E-state index >= 15 is 0 Å². The first-order valence-corrected chi connectivity index (χ1v) is 6.75. The van der Waals surface area contributed by atoms with Crippen molar-refractivity contribution >= 4 is 12.0 Å². The van der Waals surface area contributed by atoms with Crippen LogP contribution < -0.4 is 5.32 Å². The van der Waals surface area contributed by atoms with Crippen molar-refractivity contribution < 1.29 is 14.7 Å². The van der Waals surface area contributed by atoms with Gasteiger partial charge in [0.2, 0.25) is 0 Å². The lowest BCUT2D eigenvalue weighted by Crippen LogP contribution is -2.58. The van der Waals surface area contributed by atoms with Gasteiger partial charge in [-0.2, -0.15) is 0 Å². The van der Waals surface area contributed by atoms with Gasteiger partial charge in [-0.15, -0.1) is 0 Å². The Morgan fingerprint density at radius 2 is 1.78 bits per heavy atom. The Kier molecular flexibility index (Phi) is 4.99. The number of likely N-dealkylation sites (tertiary alicyclic amines) is 1. The van der Waals surface area contributed by atoms with Crippen molar-refractivity contribution in [2.24, 2.45) is 5.92 Å². The van der Waals surface area contributed by atoms with Crippen LogP contribution in [0.3, 0.4) is 0 Å². The molecule has 0 bridgehead atoms. The standard InChI is InChI=1S/C13H24N2O3/c1-4-13(5-2,11(16)17)14-12(18)15-8-6-10(3)7-9-15/h10H,4-9H2,1-3H3,(H,14,18)(H,16,17). The number of carboxylic acids is 1. The Hall–Kier alpha value is -1.26. The molecule has 104 valence electrons. The van der Waals surface area contributed by atoms with Crippen LogP contribution in [0, 0.1) is 5.92 Å². The fourth-order valence-electron chi connectivity index (χ4n) is 2.28. The van der Waals surface area contributed by atoms with Crippen molar-refractivity contribution in [3.05, 3.63) is 0 Å². The fourth-order valence-corrected chi connectivity index (χ4v) is 2.28. The molecule has 1 aliphatic heterocycles. The Labute approximate surface area is 109 Å². The van der Waals surface area contributed by atoms with Crippen LogP contribution in [-0.2, 0) is 4.79 Å². The Morgan fingerprint density at radius 1 is 1.28 bits per heavy atom. The quantitative estimate of drug-likeness (QED) is 0.809. The highest BCUT2D eigenvalue weighted by Gasteiger charge is 2.37. The van der Waals surface area contributed by atoms with Crippen LogP contribution in [-0.4, -0.2) is 40.6 Å². The first kappa shape index (κ1) is 14.8. The second-order valence-electron chi connectivity index (χ2n) is 5.19. The predicted octanol–water partition coefficient (Wildman–Crippen LogP) is 2.07. The van der Waals surface area contributed by atoms with Crippen molar-refractivity contribution in [1.82, 2.24) is 10.2 Å². The highest BCUT2D eigenvalue weighted by Crippen LogP contribution is 2.19. The zero-order chi connectivity index (χ0) is 13.8. The third-order valence-corrected chi connectivity index (χ3v) is 4.03. The molecule has 2 amide bonds. The van der Waals surface area contributed by atoms with Gasteiger partial charge in [-0.1, -0.05) is 20.8 Å². The molecule has 0 atom stereocenters. The van der Waals surface area contributed by atoms with Gasteiger partial charge in [0.15, 0.2) is 0 Å². The molecular weight excluding hydrogens is 232 g/mol. The number of hydrogen-bond acceptors (Lipinski definition) is 2. The largest absolute Gasteiger partial charge is 0.480 e. The summed E-state index contributed by atoms with van der Waals surface area (Å²) in [5, 5.41) is 12.0. The minimum Gasteiger partial charge on any atom is -0.480 e. The van der Waals surface area contributed by atoms with Gasteiger partial charge in [-0.25, -0.2) is 9.59 Å². The number of urea groups is 1. The average molecular weight is 256 g/mol. The van der Waals surface area contributed by atoms with Crippen molar-refractivity contribution in [1.29, 1.82) is 0 Å². The topological polar surface area (TPSA) is 69.6 Å². The molecule has 5 heteroatoms. The second-order valence-corrected chi connectivity index (χ2v) is 5.19. The monoisotopic (exact) mass is 256 g/mol. The summed E-state index contributed by atoms with van der Waals surface area (Å²) >= 11 is 0. The van der Waals surface area contributed by atoms with E-state index < -0.39 is 11.5 Å². The van der Waals surface area contributed by atoms with Crippen LogP contribution in [0.2, 0.25) is 0 Å². The number of rotatable bonds is 4. The maximum atomic E-state index is 12.1. The van der Waals surface area contributed by atoms with E-state index in [4.69, 9.17) is 0 Å². The summed E-state index contributed by atoms with van der Waals surface area (Å²) in [6, 6.07) is -0.243. The first-order chi connectivity index (χ1) is 8.45. The molecular formula is C13H24N2O3. The molecule has 0 aliphatic carbocycles. The zero-order valence-electron chi connectivity index (χ0n) is 11.5. The van der Waals surface area contributed by atoms with Crippen LogP contribution in [0.4, 0.5) is 4.79 Å². The van der Waals surface area contributed by atoms with E-state index in [0.29, 0.717) is 18.8 Å². The lowest BCUT2D eigenvalue weighted by atomic mass is 9.93. The molecule has 5 nitrogen and oxygen atoms in total. The third-order valence-electron chi connectivity index (χ3n) is 4.03. The van der Waals surface area contributed by atoms with Crippen molar-refractivity contribution in [2.45, 2.75) is 52.0 Å². The van der Waals surface area contributed by atoms with Crippen molar-refractivity contribution in [3.63, 3.8) is 0 Å². The molecule has 1 heterocycles. The number of carbonyl (C=O) groups is 2. The number of nitrogens with zero attached hydrogens (tertiary/aromatic N) is 1. The maximum absolute atomic E-state index is 12.1. The molecule has 1 fully saturated rings. The van der Waals surface area contributed by atoms with Crippen LogP contribution in [0.5, 0.6) is 0 Å². The molecule has 1 rings (SSSR count). The molecule has 0 aromatic rings. The first-order valence-electron chi connectivity index (χ1n) is 6.75. The molecule has 0 unspecified atom stereocenters. The maximum Gasteiger partial charge on any atom is 0.329 e. The van der Waals surface area contributed by atoms with Crippen LogP contribution in [0.15, 0.2) is 0 Å². The Bertz CT molecular complexity index is 305. The van der Waals surface area contributed by atoms with Crippen LogP contribution in [0.25, 0.3) is 0 Å². The van der Waals surface area contributed by atoms with Gasteiger partial charge in [0.1, 0.15) is 5.54 Å². The van der Waals surface area contributed by atoms with Crippen LogP contribution >= 0.6 is 0 Å². The minimum absolute atomic E-state index is 0.243. The van der Waals surface area contributed by atoms with Gasteiger partial charge in [-0.05, 0) is 31.6 Å². The summed E-state index contributed by atoms with van der Waals surface area (Å²) < 4.78 is 0. The molecule has 0 aromatic carbocycles. The highest BCUT2D eigenvalue weighted by molar-refractivity contribution is 5.86. The molecule has 0 saturated carbocycles. The van der Waals surface area contributed by atoms with E-state index in [1.807, 2.05) is 0 Å². The molecule has 1 aliphatic rings. The van der Waals surface area contributed by atoms with Crippen molar-refractivity contribution in [2.75, 3.05) is 13.1 Å². The molecule has 0 radical (unpaired) electrons. The number of hydrogen-bond donors (Lipinski definition) is 2. The Morgan fingerprint density at radius 3 is 2.17 bits per heavy atom. The number of carbonyl (C=O) groups excluding carboxylic acids is 1. The van der Waals surface area contributed by atoms with E-state index in [0.717, 1.165) is 25.9 Å². The number of piperidine rings is 1. The third kappa shape index (κ3) is 3.15. The lowest BCUT2D eigenvalue weighted by Gasteiger charge is -2.35. The van der Waals surface area contributed by atoms with E-state index in [-0.39, 0.29) is 6.03 Å². The second kappa shape index (κ2) is 6.07. The zero-order valence-corrected chi connectivity index (χ0v) is 11.5. The summed E-state index contributed by atoms with van der Waals surface area (Å²) in [7, 11) is 0. The normalized spacial score (nSPS) is 17.6. The van der Waals surface area contributed by atoms with Gasteiger partial charge in [0.25, 0.3) is 0 Å². The SMILES string of the molecule is CCC(CC)(NC(=O)N1CCC(C)CC1)C(=O)O. The Balaban J connectivity index is 2.64. The van der Waals surface area contributed by atoms with E-state index in [1.165, 1.54) is 0 Å². The number of nitrogens with one attached hydrogen (secondary N) is 1. The smallest absolute Gasteiger partial charge is 0.329 e. The molecule has 0 aromatic heterocycles. The predicted molar refractivity (Wildman–Crippen MR) is 69.5 cm³/mol. The van der Waals surface area contributed by atoms with E-state index in [9.17, 15) is 14.7 Å². The number of aliphatic carboxylic acids is 1. The lowest BCUT2D eigenvalue weighted by molar-refractivity contribution is -0.144. The molecule has 18 heavy (non-hydrogen) atoms. The van der Waals surface area contributed by atoms with Gasteiger partial charge in [0.05, 0.1) is 0 Å². The number of carboxylic acid groups (broad SMARTS) is 1. The molecule has 0 spiro atoms. The fraction of sp³-hybridized carbons (Fsp3) is 0.846. The van der Waals surface area contributed by atoms with Gasteiger partial charge in [-0.3, -0.25) is 0 Å². The summed E-state index contributed by atoms with van der Waals surface area (Å²) in [6.45, 7) is 7.19. The van der Waals surface area contributed by atoms with Gasteiger partial charge < -0.3 is 15.3 Å². The summed E-state index contributed by atoms with van der Waals surface area (Å²) in [5.74, 6) is -0.304. The minimum atomic E-state index is -1.12. The van der Waals surface area contributed by atoms with Gasteiger partial charge in [0, 0.05) is 13.1 Å². The summed E-state index contributed by atoms with van der Waals surface area (Å²) in [6.07, 6.45) is 2.78. The van der Waals surface area contributed by atoms with Gasteiger partial charge >= 0.3 is 12.0 Å². The number of amides is 2. The average Bonchev–Trinajstić information content (AvgIpc) is 2.36. The molecule has 1 saturated heterocycles. The van der Waals surface area contributed by atoms with Crippen LogP contribution in [0.1, 0.15) is 46.5 Å². The summed E-state index contributed by atoms with van der Waals surface area (Å²) in [4.78, 5) is 25.1. The van der Waals surface area contributed by atoms with Crippen molar-refractivity contribution in [3.8, 4) is 0 Å². The highest BCUT2D eigenvalue weighted by atomic mass is 16.4. The molecule has 2 N–H and O–H groups in total. The van der Waals surface area contributed by atoms with E-state index in [1.54, 1.807) is 18.7 Å². The summed E-state index contributed by atoms with van der Waals surface area (Å²) in [5.41, 5.74) is -1.12. The van der Waals surface area contributed by atoms with E-state index in [2.05, 4.69) is 12.2 Å².